The number of halogens is 2. The van der Waals surface area contributed by atoms with Gasteiger partial charge < -0.3 is 15.6 Å². The maximum atomic E-state index is 5.96. The fourth-order valence-corrected chi connectivity index (χ4v) is 1.66. The van der Waals surface area contributed by atoms with Gasteiger partial charge >= 0.3 is 29.6 Å². The van der Waals surface area contributed by atoms with Crippen LogP contribution in [0.25, 0.3) is 5.32 Å². The van der Waals surface area contributed by atoms with Gasteiger partial charge in [-0.3, -0.25) is 0 Å². The van der Waals surface area contributed by atoms with Gasteiger partial charge in [0.1, 0.15) is 0 Å². The number of hydrogen-bond acceptors (Lipinski definition) is 2. The maximum Gasteiger partial charge on any atom is 1.00 e. The Kier molecular flexibility index (Phi) is 5.23. The molecule has 0 unspecified atom stereocenters. The van der Waals surface area contributed by atoms with Crippen LogP contribution in [0.3, 0.4) is 0 Å². The molecule has 0 radical (unpaired) electrons. The summed E-state index contributed by atoms with van der Waals surface area (Å²) in [6.07, 6.45) is 0. The minimum absolute atomic E-state index is 0. The Balaban J connectivity index is 0.00000112. The van der Waals surface area contributed by atoms with E-state index in [9.17, 15) is 0 Å². The van der Waals surface area contributed by atoms with Gasteiger partial charge in [0.2, 0.25) is 0 Å². The average Bonchev–Trinajstić information content (AvgIpc) is 2.64. The monoisotopic (exact) mass is 251 g/mol. The zero-order chi connectivity index (χ0) is 9.97. The second-order valence-electron chi connectivity index (χ2n) is 2.81. The minimum Gasteiger partial charge on any atom is -0.410 e. The summed E-state index contributed by atoms with van der Waals surface area (Å²) in [7, 11) is 0. The van der Waals surface area contributed by atoms with E-state index in [4.69, 9.17) is 23.2 Å². The summed E-state index contributed by atoms with van der Waals surface area (Å²) in [6, 6.07) is 5.33. The molecule has 0 saturated carbocycles. The zero-order valence-corrected chi connectivity index (χ0v) is 11.8. The third kappa shape index (κ3) is 3.26. The molecular weight excluding hydrogens is 244 g/mol. The Hall–Kier alpha value is 0.0700. The average molecular weight is 252 g/mol. The minimum atomic E-state index is 0. The van der Waals surface area contributed by atoms with E-state index >= 15 is 0 Å². The van der Waals surface area contributed by atoms with Gasteiger partial charge in [-0.25, -0.2) is 0 Å². The first kappa shape index (κ1) is 13.1. The number of guanidine groups is 1. The molecule has 0 bridgehead atoms. The van der Waals surface area contributed by atoms with Gasteiger partial charge in [0.25, 0.3) is 0 Å². The summed E-state index contributed by atoms with van der Waals surface area (Å²) >= 11 is 11.9. The van der Waals surface area contributed by atoms with Gasteiger partial charge in [-0.15, -0.1) is 0 Å². The molecule has 0 fully saturated rings. The standard InChI is InChI=1S/C9H8Cl2N3.Na/c10-6-2-1-3-7(11)8(6)14-9-12-4-5-13-9;/h1-3H,4-5H2,(H-,12,13,14);/q-1;+1. The second kappa shape index (κ2) is 5.97. The van der Waals surface area contributed by atoms with Crippen molar-refractivity contribution in [1.29, 1.82) is 0 Å². The Morgan fingerprint density at radius 1 is 1.27 bits per heavy atom. The van der Waals surface area contributed by atoms with Gasteiger partial charge in [-0.2, -0.15) is 0 Å². The van der Waals surface area contributed by atoms with Crippen LogP contribution in [0.1, 0.15) is 0 Å². The van der Waals surface area contributed by atoms with Crippen molar-refractivity contribution in [3.8, 4) is 0 Å². The predicted octanol–water partition coefficient (Wildman–Crippen LogP) is 0.153. The number of aliphatic imine (C=N–C) groups is 1. The molecular formula is C9H8Cl2N3Na. The molecule has 1 aliphatic heterocycles. The summed E-state index contributed by atoms with van der Waals surface area (Å²) in [5.41, 5.74) is 0.667. The van der Waals surface area contributed by atoms with E-state index in [0.717, 1.165) is 13.1 Å². The van der Waals surface area contributed by atoms with Crippen LogP contribution in [0.5, 0.6) is 0 Å². The van der Waals surface area contributed by atoms with E-state index in [1.807, 2.05) is 0 Å². The van der Waals surface area contributed by atoms with E-state index in [1.165, 1.54) is 0 Å². The molecule has 1 heterocycles. The molecule has 1 N–H and O–H groups in total. The Labute approximate surface area is 121 Å². The molecule has 2 rings (SSSR count). The van der Waals surface area contributed by atoms with E-state index in [2.05, 4.69) is 15.6 Å². The number of nitrogens with one attached hydrogen (secondary N) is 1. The normalized spacial score (nSPS) is 13.9. The van der Waals surface area contributed by atoms with Crippen LogP contribution in [-0.2, 0) is 0 Å². The molecule has 0 aliphatic carbocycles. The van der Waals surface area contributed by atoms with Gasteiger partial charge in [-0.1, -0.05) is 29.3 Å². The molecule has 15 heavy (non-hydrogen) atoms. The first-order valence-electron chi connectivity index (χ1n) is 4.20. The first-order valence-corrected chi connectivity index (χ1v) is 4.96. The van der Waals surface area contributed by atoms with Crippen LogP contribution in [0, 0.1) is 0 Å². The van der Waals surface area contributed by atoms with Crippen molar-refractivity contribution in [2.75, 3.05) is 18.4 Å². The number of nitrogens with zero attached hydrogens (tertiary/aromatic N) is 2. The molecule has 3 nitrogen and oxygen atoms in total. The van der Waals surface area contributed by atoms with Crippen LogP contribution >= 0.6 is 23.2 Å². The number of anilines is 1. The number of hydrogen-bond donors (Lipinski definition) is 1. The zero-order valence-electron chi connectivity index (χ0n) is 8.30. The molecule has 1 aromatic rings. The van der Waals surface area contributed by atoms with E-state index in [-0.39, 0.29) is 29.6 Å². The van der Waals surface area contributed by atoms with Crippen LogP contribution in [0.4, 0.5) is 5.69 Å². The van der Waals surface area contributed by atoms with E-state index in [0.29, 0.717) is 21.7 Å². The van der Waals surface area contributed by atoms with Crippen molar-refractivity contribution in [1.82, 2.24) is 0 Å². The van der Waals surface area contributed by atoms with E-state index in [1.54, 1.807) is 18.2 Å². The van der Waals surface area contributed by atoms with Crippen molar-refractivity contribution in [2.24, 2.45) is 4.99 Å². The Bertz CT molecular complexity index is 361. The SMILES string of the molecule is Clc1cccc(Cl)c1NC1=NCC[N-]1.[Na+]. The molecule has 1 aliphatic rings. The molecule has 0 atom stereocenters. The molecule has 0 saturated heterocycles. The van der Waals surface area contributed by atoms with Crippen molar-refractivity contribution in [2.45, 2.75) is 0 Å². The van der Waals surface area contributed by atoms with Gasteiger partial charge in [0.15, 0.2) is 0 Å². The summed E-state index contributed by atoms with van der Waals surface area (Å²) in [5, 5.41) is 8.27. The third-order valence-electron chi connectivity index (χ3n) is 1.82. The van der Waals surface area contributed by atoms with Crippen molar-refractivity contribution in [3.63, 3.8) is 0 Å². The Morgan fingerprint density at radius 3 is 2.47 bits per heavy atom. The van der Waals surface area contributed by atoms with Gasteiger partial charge in [0, 0.05) is 11.6 Å². The fourth-order valence-electron chi connectivity index (χ4n) is 1.17. The van der Waals surface area contributed by atoms with Crippen LogP contribution in [0.15, 0.2) is 23.2 Å². The van der Waals surface area contributed by atoms with Crippen molar-refractivity contribution in [3.05, 3.63) is 33.6 Å². The largest absolute Gasteiger partial charge is 1.00 e. The molecule has 0 aromatic heterocycles. The summed E-state index contributed by atoms with van der Waals surface area (Å²) < 4.78 is 0. The van der Waals surface area contributed by atoms with Crippen molar-refractivity contribution >= 4 is 34.8 Å². The van der Waals surface area contributed by atoms with Gasteiger partial charge in [0.05, 0.1) is 10.0 Å². The fraction of sp³-hybridized carbons (Fsp3) is 0.222. The topological polar surface area (TPSA) is 38.5 Å². The summed E-state index contributed by atoms with van der Waals surface area (Å²) in [5.74, 6) is 0.597. The third-order valence-corrected chi connectivity index (χ3v) is 2.45. The first-order chi connectivity index (χ1) is 6.77. The molecule has 6 heteroatoms. The van der Waals surface area contributed by atoms with Gasteiger partial charge in [-0.05, 0) is 25.2 Å². The molecule has 74 valence electrons. The molecule has 0 spiro atoms. The number of rotatable bonds is 1. The molecule has 0 amide bonds. The molecule has 1 aromatic carbocycles. The number of benzene rings is 1. The van der Waals surface area contributed by atoms with Crippen LogP contribution in [0.2, 0.25) is 10.0 Å². The predicted molar refractivity (Wildman–Crippen MR) is 60.6 cm³/mol. The van der Waals surface area contributed by atoms with Crippen molar-refractivity contribution < 1.29 is 29.6 Å². The quantitative estimate of drug-likeness (QED) is 0.710. The smallest absolute Gasteiger partial charge is 0.410 e. The van der Waals surface area contributed by atoms with Crippen LogP contribution < -0.4 is 34.9 Å². The summed E-state index contributed by atoms with van der Waals surface area (Å²) in [4.78, 5) is 4.13. The number of para-hydroxylation sites is 1. The Morgan fingerprint density at radius 2 is 1.93 bits per heavy atom. The summed E-state index contributed by atoms with van der Waals surface area (Å²) in [6.45, 7) is 1.45. The van der Waals surface area contributed by atoms with E-state index < -0.39 is 0 Å². The van der Waals surface area contributed by atoms with Crippen LogP contribution in [-0.4, -0.2) is 19.0 Å². The second-order valence-corrected chi connectivity index (χ2v) is 3.62. The maximum absolute atomic E-state index is 5.96.